The van der Waals surface area contributed by atoms with Gasteiger partial charge in [0.15, 0.2) is 18.1 Å². The maximum absolute atomic E-state index is 12.4. The van der Waals surface area contributed by atoms with Crippen molar-refractivity contribution in [3.8, 4) is 11.5 Å². The van der Waals surface area contributed by atoms with Crippen LogP contribution in [0.25, 0.3) is 6.08 Å². The third-order valence-electron chi connectivity index (χ3n) is 3.99. The molecule has 0 radical (unpaired) electrons. The van der Waals surface area contributed by atoms with E-state index in [9.17, 15) is 4.79 Å². The molecule has 0 atom stereocenters. The smallest absolute Gasteiger partial charge is 0.260 e. The maximum atomic E-state index is 12.4. The van der Waals surface area contributed by atoms with E-state index in [4.69, 9.17) is 9.47 Å². The molecule has 0 saturated heterocycles. The molecule has 0 aromatic heterocycles. The fourth-order valence-electron chi connectivity index (χ4n) is 2.48. The summed E-state index contributed by atoms with van der Waals surface area (Å²) in [7, 11) is 3.37. The van der Waals surface area contributed by atoms with Crippen LogP contribution in [0.15, 0.2) is 48.5 Å². The molecule has 132 valence electrons. The molecule has 0 unspecified atom stereocenters. The minimum Gasteiger partial charge on any atom is -0.493 e. The minimum absolute atomic E-state index is 0.0261. The molecule has 4 heteroatoms. The Bertz CT molecular complexity index is 753. The molecule has 0 aliphatic heterocycles. The summed E-state index contributed by atoms with van der Waals surface area (Å²) in [6.07, 6.45) is 3.94. The number of hydrogen-bond acceptors (Lipinski definition) is 3. The molecule has 1 amide bonds. The summed E-state index contributed by atoms with van der Waals surface area (Å²) in [6, 6.07) is 13.7. The SMILES string of the molecule is CC=Cc1ccc(OCC(=O)N(C)Cc2ccccc2C)c(OC)c1. The van der Waals surface area contributed by atoms with Gasteiger partial charge in [-0.3, -0.25) is 4.79 Å². The zero-order valence-corrected chi connectivity index (χ0v) is 15.3. The summed E-state index contributed by atoms with van der Waals surface area (Å²) >= 11 is 0. The third-order valence-corrected chi connectivity index (χ3v) is 3.99. The van der Waals surface area contributed by atoms with Gasteiger partial charge in [-0.1, -0.05) is 42.5 Å². The van der Waals surface area contributed by atoms with Crippen LogP contribution in [0.2, 0.25) is 0 Å². The largest absolute Gasteiger partial charge is 0.493 e. The van der Waals surface area contributed by atoms with Crippen molar-refractivity contribution in [2.24, 2.45) is 0 Å². The monoisotopic (exact) mass is 339 g/mol. The van der Waals surface area contributed by atoms with Crippen molar-refractivity contribution in [2.75, 3.05) is 20.8 Å². The molecule has 4 nitrogen and oxygen atoms in total. The number of carbonyl (C=O) groups excluding carboxylic acids is 1. The highest BCUT2D eigenvalue weighted by Gasteiger charge is 2.13. The number of benzene rings is 2. The highest BCUT2D eigenvalue weighted by atomic mass is 16.5. The van der Waals surface area contributed by atoms with Crippen molar-refractivity contribution in [2.45, 2.75) is 20.4 Å². The predicted octanol–water partition coefficient (Wildman–Crippen LogP) is 4.07. The van der Waals surface area contributed by atoms with E-state index in [-0.39, 0.29) is 12.5 Å². The lowest BCUT2D eigenvalue weighted by Crippen LogP contribution is -2.31. The molecule has 0 N–H and O–H groups in total. The summed E-state index contributed by atoms with van der Waals surface area (Å²) < 4.78 is 11.0. The van der Waals surface area contributed by atoms with Gasteiger partial charge in [-0.2, -0.15) is 0 Å². The molecule has 0 aliphatic carbocycles. The van der Waals surface area contributed by atoms with Gasteiger partial charge in [0, 0.05) is 13.6 Å². The summed E-state index contributed by atoms with van der Waals surface area (Å²) in [5, 5.41) is 0. The van der Waals surface area contributed by atoms with Gasteiger partial charge in [-0.15, -0.1) is 0 Å². The van der Waals surface area contributed by atoms with Crippen LogP contribution in [0, 0.1) is 6.92 Å². The first kappa shape index (κ1) is 18.6. The zero-order valence-electron chi connectivity index (χ0n) is 15.3. The predicted molar refractivity (Wildman–Crippen MR) is 101 cm³/mol. The molecule has 2 rings (SSSR count). The maximum Gasteiger partial charge on any atom is 0.260 e. The van der Waals surface area contributed by atoms with Gasteiger partial charge in [0.1, 0.15) is 0 Å². The molecular formula is C21H25NO3. The average Bonchev–Trinajstić information content (AvgIpc) is 2.62. The number of carbonyl (C=O) groups is 1. The van der Waals surface area contributed by atoms with Crippen LogP contribution in [-0.2, 0) is 11.3 Å². The highest BCUT2D eigenvalue weighted by molar-refractivity contribution is 5.77. The van der Waals surface area contributed by atoms with Crippen LogP contribution < -0.4 is 9.47 Å². The van der Waals surface area contributed by atoms with E-state index in [2.05, 4.69) is 0 Å². The number of ether oxygens (including phenoxy) is 2. The van der Waals surface area contributed by atoms with Crippen LogP contribution in [0.3, 0.4) is 0 Å². The number of hydrogen-bond donors (Lipinski definition) is 0. The van der Waals surface area contributed by atoms with Gasteiger partial charge in [-0.05, 0) is 42.7 Å². The Hall–Kier alpha value is -2.75. The van der Waals surface area contributed by atoms with E-state index in [1.54, 1.807) is 19.1 Å². The van der Waals surface area contributed by atoms with E-state index < -0.39 is 0 Å². The summed E-state index contributed by atoms with van der Waals surface area (Å²) in [5.74, 6) is 1.10. The quantitative estimate of drug-likeness (QED) is 0.763. The van der Waals surface area contributed by atoms with Gasteiger partial charge in [0.05, 0.1) is 7.11 Å². The third kappa shape index (κ3) is 5.11. The molecule has 0 fully saturated rings. The average molecular weight is 339 g/mol. The Labute approximate surface area is 149 Å². The molecule has 0 heterocycles. The number of allylic oxidation sites excluding steroid dienone is 1. The summed E-state index contributed by atoms with van der Waals surface area (Å²) in [4.78, 5) is 14.0. The lowest BCUT2D eigenvalue weighted by molar-refractivity contribution is -0.132. The molecule has 0 bridgehead atoms. The fourth-order valence-corrected chi connectivity index (χ4v) is 2.48. The van der Waals surface area contributed by atoms with E-state index >= 15 is 0 Å². The second-order valence-corrected chi connectivity index (χ2v) is 5.88. The first-order valence-electron chi connectivity index (χ1n) is 8.27. The Balaban J connectivity index is 1.98. The van der Waals surface area contributed by atoms with Gasteiger partial charge in [-0.25, -0.2) is 0 Å². The van der Waals surface area contributed by atoms with Crippen LogP contribution in [0.5, 0.6) is 11.5 Å². The van der Waals surface area contributed by atoms with Crippen molar-refractivity contribution in [3.63, 3.8) is 0 Å². The minimum atomic E-state index is -0.0807. The topological polar surface area (TPSA) is 38.8 Å². The Kier molecular flexibility index (Phi) is 6.63. The first-order valence-corrected chi connectivity index (χ1v) is 8.27. The van der Waals surface area contributed by atoms with Gasteiger partial charge >= 0.3 is 0 Å². The van der Waals surface area contributed by atoms with E-state index in [0.717, 1.165) is 11.1 Å². The van der Waals surface area contributed by atoms with Crippen LogP contribution in [0.4, 0.5) is 0 Å². The number of methoxy groups -OCH3 is 1. The first-order chi connectivity index (χ1) is 12.0. The molecule has 25 heavy (non-hydrogen) atoms. The Morgan fingerprint density at radius 2 is 1.92 bits per heavy atom. The van der Waals surface area contributed by atoms with Crippen molar-refractivity contribution < 1.29 is 14.3 Å². The molecule has 0 aliphatic rings. The normalized spacial score (nSPS) is 10.7. The molecule has 0 spiro atoms. The van der Waals surface area contributed by atoms with Crippen LogP contribution in [-0.4, -0.2) is 31.6 Å². The summed E-state index contributed by atoms with van der Waals surface area (Å²) in [5.41, 5.74) is 3.32. The second-order valence-electron chi connectivity index (χ2n) is 5.88. The van der Waals surface area contributed by atoms with E-state index in [0.29, 0.717) is 18.0 Å². The lowest BCUT2D eigenvalue weighted by Gasteiger charge is -2.19. The van der Waals surface area contributed by atoms with Crippen molar-refractivity contribution in [3.05, 3.63) is 65.2 Å². The number of nitrogens with zero attached hydrogens (tertiary/aromatic N) is 1. The standard InChI is InChI=1S/C21H25NO3/c1-5-8-17-11-12-19(20(13-17)24-4)25-15-21(23)22(3)14-18-10-7-6-9-16(18)2/h5-13H,14-15H2,1-4H3. The number of amides is 1. The second kappa shape index (κ2) is 8.92. The van der Waals surface area contributed by atoms with E-state index in [1.807, 2.05) is 68.5 Å². The molecule has 2 aromatic carbocycles. The number of rotatable bonds is 7. The van der Waals surface area contributed by atoms with Crippen molar-refractivity contribution in [1.29, 1.82) is 0 Å². The molecular weight excluding hydrogens is 314 g/mol. The van der Waals surface area contributed by atoms with Crippen molar-refractivity contribution in [1.82, 2.24) is 4.90 Å². The van der Waals surface area contributed by atoms with E-state index in [1.165, 1.54) is 5.56 Å². The Morgan fingerprint density at radius 1 is 1.16 bits per heavy atom. The molecule has 0 saturated carbocycles. The van der Waals surface area contributed by atoms with Crippen LogP contribution >= 0.6 is 0 Å². The highest BCUT2D eigenvalue weighted by Crippen LogP contribution is 2.28. The summed E-state index contributed by atoms with van der Waals surface area (Å²) in [6.45, 7) is 4.54. The Morgan fingerprint density at radius 3 is 2.60 bits per heavy atom. The van der Waals surface area contributed by atoms with Gasteiger partial charge < -0.3 is 14.4 Å². The fraction of sp³-hybridized carbons (Fsp3) is 0.286. The zero-order chi connectivity index (χ0) is 18.2. The number of likely N-dealkylation sites (N-methyl/N-ethyl adjacent to an activating group) is 1. The van der Waals surface area contributed by atoms with Crippen molar-refractivity contribution >= 4 is 12.0 Å². The van der Waals surface area contributed by atoms with Crippen LogP contribution in [0.1, 0.15) is 23.6 Å². The molecule has 2 aromatic rings. The van der Waals surface area contributed by atoms with Gasteiger partial charge in [0.25, 0.3) is 5.91 Å². The lowest BCUT2D eigenvalue weighted by atomic mass is 10.1. The number of aryl methyl sites for hydroxylation is 1. The van der Waals surface area contributed by atoms with Gasteiger partial charge in [0.2, 0.25) is 0 Å².